The molecule has 0 bridgehead atoms. The van der Waals surface area contributed by atoms with Crippen LogP contribution in [-0.2, 0) is 22.6 Å². The number of hydrogen-bond donors (Lipinski definition) is 1. The number of carbonyl (C=O) groups is 1. The number of ether oxygens (including phenoxy) is 3. The number of benzene rings is 2. The SMILES string of the molecule is O=C(NC[C@@H]1Cc2ccccc2CO1)[C@H]1COc2ccccc2O1. The normalized spacial score (nSPS) is 21.7. The van der Waals surface area contributed by atoms with E-state index in [9.17, 15) is 4.79 Å². The van der Waals surface area contributed by atoms with Crippen molar-refractivity contribution in [1.29, 1.82) is 0 Å². The average molecular weight is 325 g/mol. The van der Waals surface area contributed by atoms with Crippen LogP contribution in [0.2, 0.25) is 0 Å². The zero-order valence-electron chi connectivity index (χ0n) is 13.2. The molecule has 24 heavy (non-hydrogen) atoms. The molecule has 2 aromatic carbocycles. The Labute approximate surface area is 140 Å². The van der Waals surface area contributed by atoms with E-state index in [0.717, 1.165) is 6.42 Å². The Hall–Kier alpha value is -2.53. The first-order valence-corrected chi connectivity index (χ1v) is 8.14. The molecule has 5 nitrogen and oxygen atoms in total. The summed E-state index contributed by atoms with van der Waals surface area (Å²) in [6, 6.07) is 15.6. The van der Waals surface area contributed by atoms with Gasteiger partial charge in [0, 0.05) is 13.0 Å². The van der Waals surface area contributed by atoms with E-state index in [1.807, 2.05) is 30.3 Å². The number of hydrogen-bond acceptors (Lipinski definition) is 4. The van der Waals surface area contributed by atoms with Crippen LogP contribution in [0.15, 0.2) is 48.5 Å². The smallest absolute Gasteiger partial charge is 0.264 e. The molecule has 0 saturated heterocycles. The lowest BCUT2D eigenvalue weighted by molar-refractivity contribution is -0.131. The van der Waals surface area contributed by atoms with Gasteiger partial charge in [0.05, 0.1) is 12.7 Å². The van der Waals surface area contributed by atoms with E-state index in [2.05, 4.69) is 17.4 Å². The van der Waals surface area contributed by atoms with E-state index in [0.29, 0.717) is 24.7 Å². The third kappa shape index (κ3) is 3.08. The topological polar surface area (TPSA) is 56.8 Å². The second-order valence-corrected chi connectivity index (χ2v) is 6.02. The highest BCUT2D eigenvalue weighted by Gasteiger charge is 2.28. The molecule has 1 amide bonds. The fourth-order valence-electron chi connectivity index (χ4n) is 3.02. The molecule has 0 aromatic heterocycles. The van der Waals surface area contributed by atoms with Gasteiger partial charge in [0.25, 0.3) is 5.91 Å². The Balaban J connectivity index is 1.32. The Morgan fingerprint density at radius 1 is 1.04 bits per heavy atom. The summed E-state index contributed by atoms with van der Waals surface area (Å²) in [5.41, 5.74) is 2.51. The van der Waals surface area contributed by atoms with Crippen LogP contribution in [-0.4, -0.2) is 31.3 Å². The molecule has 5 heteroatoms. The van der Waals surface area contributed by atoms with Crippen LogP contribution < -0.4 is 14.8 Å². The summed E-state index contributed by atoms with van der Waals surface area (Å²) >= 11 is 0. The van der Waals surface area contributed by atoms with Crippen LogP contribution in [0.3, 0.4) is 0 Å². The van der Waals surface area contributed by atoms with Crippen molar-refractivity contribution < 1.29 is 19.0 Å². The maximum atomic E-state index is 12.3. The monoisotopic (exact) mass is 325 g/mol. The van der Waals surface area contributed by atoms with Gasteiger partial charge < -0.3 is 19.5 Å². The van der Waals surface area contributed by atoms with E-state index >= 15 is 0 Å². The Kier molecular flexibility index (Phi) is 4.09. The second kappa shape index (κ2) is 6.53. The predicted octanol–water partition coefficient (Wildman–Crippen LogP) is 2.08. The van der Waals surface area contributed by atoms with Crippen molar-refractivity contribution in [3.05, 3.63) is 59.7 Å². The Morgan fingerprint density at radius 2 is 1.79 bits per heavy atom. The van der Waals surface area contributed by atoms with Crippen LogP contribution in [0.5, 0.6) is 11.5 Å². The van der Waals surface area contributed by atoms with Gasteiger partial charge in [-0.15, -0.1) is 0 Å². The molecule has 0 aliphatic carbocycles. The molecule has 0 fully saturated rings. The molecule has 0 radical (unpaired) electrons. The molecule has 2 aliphatic rings. The van der Waals surface area contributed by atoms with Gasteiger partial charge in [-0.05, 0) is 23.3 Å². The van der Waals surface area contributed by atoms with E-state index < -0.39 is 6.10 Å². The molecule has 0 unspecified atom stereocenters. The molecule has 0 saturated carbocycles. The molecule has 4 rings (SSSR count). The fourth-order valence-corrected chi connectivity index (χ4v) is 3.02. The predicted molar refractivity (Wildman–Crippen MR) is 88.1 cm³/mol. The molecule has 2 heterocycles. The fraction of sp³-hybridized carbons (Fsp3) is 0.316. The van der Waals surface area contributed by atoms with Crippen LogP contribution in [0.25, 0.3) is 0 Å². The first-order valence-electron chi connectivity index (χ1n) is 8.14. The van der Waals surface area contributed by atoms with Gasteiger partial charge in [0.1, 0.15) is 6.61 Å². The summed E-state index contributed by atoms with van der Waals surface area (Å²) in [5, 5.41) is 2.91. The summed E-state index contributed by atoms with van der Waals surface area (Å²) in [6.07, 6.45) is 0.165. The third-order valence-corrected chi connectivity index (χ3v) is 4.35. The average Bonchev–Trinajstić information content (AvgIpc) is 2.65. The lowest BCUT2D eigenvalue weighted by Gasteiger charge is -2.28. The van der Waals surface area contributed by atoms with Crippen LogP contribution in [0.4, 0.5) is 0 Å². The van der Waals surface area contributed by atoms with Crippen molar-refractivity contribution >= 4 is 5.91 Å². The number of carbonyl (C=O) groups excluding carboxylic acids is 1. The van der Waals surface area contributed by atoms with E-state index in [1.54, 1.807) is 6.07 Å². The minimum Gasteiger partial charge on any atom is -0.485 e. The van der Waals surface area contributed by atoms with Gasteiger partial charge in [-0.3, -0.25) is 4.79 Å². The van der Waals surface area contributed by atoms with Crippen molar-refractivity contribution in [3.8, 4) is 11.5 Å². The first-order chi connectivity index (χ1) is 11.8. The number of fused-ring (bicyclic) bond motifs is 2. The van der Waals surface area contributed by atoms with Crippen LogP contribution in [0.1, 0.15) is 11.1 Å². The molecule has 2 aromatic rings. The second-order valence-electron chi connectivity index (χ2n) is 6.02. The summed E-state index contributed by atoms with van der Waals surface area (Å²) in [7, 11) is 0. The summed E-state index contributed by atoms with van der Waals surface area (Å²) in [6.45, 7) is 1.28. The molecule has 0 spiro atoms. The summed E-state index contributed by atoms with van der Waals surface area (Å²) in [5.74, 6) is 1.10. The molecule has 124 valence electrons. The van der Waals surface area contributed by atoms with Crippen molar-refractivity contribution in [2.45, 2.75) is 25.2 Å². The van der Waals surface area contributed by atoms with Gasteiger partial charge in [-0.2, -0.15) is 0 Å². The molecule has 2 atom stereocenters. The number of amides is 1. The highest BCUT2D eigenvalue weighted by molar-refractivity contribution is 5.81. The van der Waals surface area contributed by atoms with Crippen molar-refractivity contribution in [2.75, 3.05) is 13.2 Å². The maximum absolute atomic E-state index is 12.3. The molecular weight excluding hydrogens is 306 g/mol. The van der Waals surface area contributed by atoms with Crippen molar-refractivity contribution in [3.63, 3.8) is 0 Å². The summed E-state index contributed by atoms with van der Waals surface area (Å²) < 4.78 is 17.1. The number of para-hydroxylation sites is 2. The lowest BCUT2D eigenvalue weighted by atomic mass is 9.99. The van der Waals surface area contributed by atoms with Gasteiger partial charge in [-0.25, -0.2) is 0 Å². The molecule has 2 aliphatic heterocycles. The van der Waals surface area contributed by atoms with Crippen molar-refractivity contribution in [1.82, 2.24) is 5.32 Å². The van der Waals surface area contributed by atoms with Crippen LogP contribution >= 0.6 is 0 Å². The minimum absolute atomic E-state index is 0.0133. The van der Waals surface area contributed by atoms with Crippen LogP contribution in [0, 0.1) is 0 Å². The van der Waals surface area contributed by atoms with Crippen molar-refractivity contribution in [2.24, 2.45) is 0 Å². The van der Waals surface area contributed by atoms with E-state index in [1.165, 1.54) is 11.1 Å². The highest BCUT2D eigenvalue weighted by atomic mass is 16.6. The zero-order valence-corrected chi connectivity index (χ0v) is 13.2. The largest absolute Gasteiger partial charge is 0.485 e. The highest BCUT2D eigenvalue weighted by Crippen LogP contribution is 2.30. The maximum Gasteiger partial charge on any atom is 0.264 e. The molecular formula is C19H19NO4. The number of rotatable bonds is 3. The van der Waals surface area contributed by atoms with Gasteiger partial charge in [0.15, 0.2) is 11.5 Å². The minimum atomic E-state index is -0.629. The third-order valence-electron chi connectivity index (χ3n) is 4.35. The number of nitrogens with one attached hydrogen (secondary N) is 1. The molecule has 1 N–H and O–H groups in total. The quantitative estimate of drug-likeness (QED) is 0.939. The van der Waals surface area contributed by atoms with Gasteiger partial charge in [-0.1, -0.05) is 36.4 Å². The van der Waals surface area contributed by atoms with Gasteiger partial charge in [0.2, 0.25) is 6.10 Å². The van der Waals surface area contributed by atoms with E-state index in [-0.39, 0.29) is 18.6 Å². The first kappa shape index (κ1) is 15.0. The van der Waals surface area contributed by atoms with Gasteiger partial charge >= 0.3 is 0 Å². The summed E-state index contributed by atoms with van der Waals surface area (Å²) in [4.78, 5) is 12.3. The Morgan fingerprint density at radius 3 is 2.67 bits per heavy atom. The Bertz CT molecular complexity index is 746. The standard InChI is InChI=1S/C19H19NO4/c21-19(18-12-23-16-7-3-4-8-17(16)24-18)20-10-15-9-13-5-1-2-6-14(13)11-22-15/h1-8,15,18H,9-12H2,(H,20,21)/t15-,18+/m0/s1. The lowest BCUT2D eigenvalue weighted by Crippen LogP contribution is -2.47. The van der Waals surface area contributed by atoms with E-state index in [4.69, 9.17) is 14.2 Å². The zero-order chi connectivity index (χ0) is 16.4.